The number of morpholine rings is 1. The first-order valence-corrected chi connectivity index (χ1v) is 10.5. The maximum absolute atomic E-state index is 13.2. The number of nitrogens with one attached hydrogen (secondary N) is 1. The second kappa shape index (κ2) is 7.89. The summed E-state index contributed by atoms with van der Waals surface area (Å²) in [5.41, 5.74) is 1.61. The van der Waals surface area contributed by atoms with Crippen molar-refractivity contribution in [2.75, 3.05) is 31.6 Å². The molecule has 158 valence electrons. The molecule has 2 fully saturated rings. The molecule has 7 heteroatoms. The zero-order valence-electron chi connectivity index (χ0n) is 16.7. The molecule has 2 aliphatic heterocycles. The molecule has 6 nitrogen and oxygen atoms in total. The Morgan fingerprint density at radius 2 is 1.87 bits per heavy atom. The number of anilines is 1. The highest BCUT2D eigenvalue weighted by molar-refractivity contribution is 5.92. The topological polar surface area (TPSA) is 60.0 Å². The smallest absolute Gasteiger partial charge is 0.251 e. The van der Waals surface area contributed by atoms with Crippen LogP contribution in [0.15, 0.2) is 42.5 Å². The van der Waals surface area contributed by atoms with Crippen molar-refractivity contribution < 1.29 is 23.4 Å². The number of nitrogens with zero attached hydrogens (tertiary/aromatic N) is 1. The number of amides is 1. The molecule has 1 spiro atoms. The molecule has 5 rings (SSSR count). The van der Waals surface area contributed by atoms with E-state index in [2.05, 4.69) is 5.32 Å². The van der Waals surface area contributed by atoms with Gasteiger partial charge in [-0.2, -0.15) is 0 Å². The molecule has 1 saturated heterocycles. The van der Waals surface area contributed by atoms with E-state index in [0.29, 0.717) is 31.1 Å². The molecule has 2 heterocycles. The van der Waals surface area contributed by atoms with Gasteiger partial charge >= 0.3 is 0 Å². The summed E-state index contributed by atoms with van der Waals surface area (Å²) in [5.74, 6) is 0.564. The fourth-order valence-electron chi connectivity index (χ4n) is 4.42. The highest BCUT2D eigenvalue weighted by atomic mass is 19.1. The Hall–Kier alpha value is -2.64. The van der Waals surface area contributed by atoms with Crippen molar-refractivity contribution >= 4 is 11.6 Å². The van der Waals surface area contributed by atoms with Crippen LogP contribution in [0, 0.1) is 5.82 Å². The van der Waals surface area contributed by atoms with Gasteiger partial charge in [0.25, 0.3) is 5.79 Å². The fraction of sp³-hybridized carbons (Fsp3) is 0.435. The Labute approximate surface area is 174 Å². The van der Waals surface area contributed by atoms with Gasteiger partial charge in [0.05, 0.1) is 19.3 Å². The lowest BCUT2D eigenvalue weighted by Crippen LogP contribution is -2.42. The summed E-state index contributed by atoms with van der Waals surface area (Å²) < 4.78 is 31.1. The van der Waals surface area contributed by atoms with Crippen molar-refractivity contribution in [2.45, 2.75) is 37.6 Å². The largest absolute Gasteiger partial charge is 0.448 e. The number of ether oxygens (including phenoxy) is 3. The van der Waals surface area contributed by atoms with Gasteiger partial charge in [0.2, 0.25) is 5.91 Å². The minimum Gasteiger partial charge on any atom is -0.448 e. The molecule has 3 aliphatic rings. The third-order valence-electron chi connectivity index (χ3n) is 5.94. The first-order valence-electron chi connectivity index (χ1n) is 10.5. The lowest BCUT2D eigenvalue weighted by atomic mass is 10.1. The van der Waals surface area contributed by atoms with Crippen molar-refractivity contribution in [1.82, 2.24) is 4.90 Å². The summed E-state index contributed by atoms with van der Waals surface area (Å²) in [6.45, 7) is 2.05. The molecule has 1 amide bonds. The predicted octanol–water partition coefficient (Wildman–Crippen LogP) is 3.88. The van der Waals surface area contributed by atoms with E-state index in [-0.39, 0.29) is 24.4 Å². The van der Waals surface area contributed by atoms with Crippen LogP contribution in [0.1, 0.15) is 37.4 Å². The van der Waals surface area contributed by atoms with E-state index in [1.807, 2.05) is 23.1 Å². The van der Waals surface area contributed by atoms with Crippen LogP contribution >= 0.6 is 0 Å². The van der Waals surface area contributed by atoms with Gasteiger partial charge in [-0.25, -0.2) is 4.39 Å². The maximum atomic E-state index is 13.2. The summed E-state index contributed by atoms with van der Waals surface area (Å²) >= 11 is 0. The highest BCUT2D eigenvalue weighted by Gasteiger charge is 2.44. The van der Waals surface area contributed by atoms with E-state index in [1.165, 1.54) is 12.1 Å². The van der Waals surface area contributed by atoms with E-state index in [4.69, 9.17) is 14.2 Å². The maximum Gasteiger partial charge on any atom is 0.251 e. The summed E-state index contributed by atoms with van der Waals surface area (Å²) in [6.07, 6.45) is 3.84. The number of benzene rings is 2. The number of halogens is 1. The van der Waals surface area contributed by atoms with Crippen LogP contribution in [0.4, 0.5) is 10.1 Å². The third-order valence-corrected chi connectivity index (χ3v) is 5.94. The highest BCUT2D eigenvalue weighted by Crippen LogP contribution is 2.47. The standard InChI is InChI=1S/C23H25FN2O4/c24-17-5-3-16(4-6-17)21-14-26(11-12-28-21)15-22(27)25-18-7-8-19-20(13-18)30-23(29-19)9-1-2-10-23/h3-8,13,21H,1-2,9-12,14-15H2,(H,25,27). The quantitative estimate of drug-likeness (QED) is 0.826. The van der Waals surface area contributed by atoms with E-state index < -0.39 is 5.79 Å². The van der Waals surface area contributed by atoms with E-state index >= 15 is 0 Å². The molecule has 2 aromatic rings. The lowest BCUT2D eigenvalue weighted by molar-refractivity contribution is -0.119. The van der Waals surface area contributed by atoms with Crippen LogP contribution in [-0.2, 0) is 9.53 Å². The fourth-order valence-corrected chi connectivity index (χ4v) is 4.42. The summed E-state index contributed by atoms with van der Waals surface area (Å²) in [4.78, 5) is 14.7. The number of carbonyl (C=O) groups excluding carboxylic acids is 1. The molecular weight excluding hydrogens is 387 g/mol. The molecule has 1 saturated carbocycles. The number of carbonyl (C=O) groups is 1. The van der Waals surface area contributed by atoms with Gasteiger partial charge in [-0.15, -0.1) is 0 Å². The summed E-state index contributed by atoms with van der Waals surface area (Å²) in [7, 11) is 0. The van der Waals surface area contributed by atoms with Gasteiger partial charge in [0.15, 0.2) is 11.5 Å². The minimum atomic E-state index is -0.506. The van der Waals surface area contributed by atoms with Crippen LogP contribution in [0.3, 0.4) is 0 Å². The monoisotopic (exact) mass is 412 g/mol. The van der Waals surface area contributed by atoms with Crippen LogP contribution in [0.25, 0.3) is 0 Å². The van der Waals surface area contributed by atoms with Crippen molar-refractivity contribution in [3.05, 3.63) is 53.8 Å². The summed E-state index contributed by atoms with van der Waals surface area (Å²) in [6, 6.07) is 11.9. The number of hydrogen-bond donors (Lipinski definition) is 1. The first-order chi connectivity index (χ1) is 14.6. The summed E-state index contributed by atoms with van der Waals surface area (Å²) in [5, 5.41) is 2.95. The molecular formula is C23H25FN2O4. The molecule has 1 aliphatic carbocycles. The second-order valence-corrected chi connectivity index (χ2v) is 8.18. The van der Waals surface area contributed by atoms with Gasteiger partial charge < -0.3 is 19.5 Å². The zero-order chi connectivity index (χ0) is 20.6. The van der Waals surface area contributed by atoms with Crippen LogP contribution in [0.5, 0.6) is 11.5 Å². The Bertz CT molecular complexity index is 927. The van der Waals surface area contributed by atoms with Crippen molar-refractivity contribution in [1.29, 1.82) is 0 Å². The minimum absolute atomic E-state index is 0.0933. The Morgan fingerprint density at radius 1 is 1.10 bits per heavy atom. The molecule has 30 heavy (non-hydrogen) atoms. The first kappa shape index (κ1) is 19.3. The molecule has 1 atom stereocenters. The van der Waals surface area contributed by atoms with Gasteiger partial charge in [-0.3, -0.25) is 9.69 Å². The molecule has 2 aromatic carbocycles. The Morgan fingerprint density at radius 3 is 2.67 bits per heavy atom. The number of fused-ring (bicyclic) bond motifs is 1. The van der Waals surface area contributed by atoms with Crippen LogP contribution in [0.2, 0.25) is 0 Å². The van der Waals surface area contributed by atoms with E-state index in [9.17, 15) is 9.18 Å². The molecule has 1 unspecified atom stereocenters. The van der Waals surface area contributed by atoms with Crippen molar-refractivity contribution in [3.8, 4) is 11.5 Å². The third kappa shape index (κ3) is 4.00. The van der Waals surface area contributed by atoms with Gasteiger partial charge in [-0.05, 0) is 42.7 Å². The van der Waals surface area contributed by atoms with Crippen LogP contribution in [-0.4, -0.2) is 42.8 Å². The second-order valence-electron chi connectivity index (χ2n) is 8.18. The van der Waals surface area contributed by atoms with Gasteiger partial charge in [0.1, 0.15) is 5.82 Å². The van der Waals surface area contributed by atoms with Crippen molar-refractivity contribution in [2.24, 2.45) is 0 Å². The molecule has 1 N–H and O–H groups in total. The zero-order valence-corrected chi connectivity index (χ0v) is 16.7. The van der Waals surface area contributed by atoms with Crippen molar-refractivity contribution in [3.63, 3.8) is 0 Å². The average Bonchev–Trinajstić information content (AvgIpc) is 3.34. The Kier molecular flexibility index (Phi) is 5.08. The van der Waals surface area contributed by atoms with E-state index in [0.717, 1.165) is 37.0 Å². The predicted molar refractivity (Wildman–Crippen MR) is 109 cm³/mol. The normalized spacial score (nSPS) is 22.4. The van der Waals surface area contributed by atoms with E-state index in [1.54, 1.807) is 12.1 Å². The molecule has 0 radical (unpaired) electrons. The molecule has 0 bridgehead atoms. The lowest BCUT2D eigenvalue weighted by Gasteiger charge is -2.32. The SMILES string of the molecule is O=C(CN1CCOC(c2ccc(F)cc2)C1)Nc1ccc2c(c1)OC1(CCCC1)O2. The van der Waals surface area contributed by atoms with Gasteiger partial charge in [-0.1, -0.05) is 12.1 Å². The van der Waals surface area contributed by atoms with Gasteiger partial charge in [0, 0.05) is 37.7 Å². The number of hydrogen-bond acceptors (Lipinski definition) is 5. The van der Waals surface area contributed by atoms with Crippen LogP contribution < -0.4 is 14.8 Å². The average molecular weight is 412 g/mol. The Balaban J connectivity index is 1.18. The number of rotatable bonds is 4. The molecule has 0 aromatic heterocycles.